The van der Waals surface area contributed by atoms with Crippen LogP contribution in [-0.2, 0) is 6.42 Å². The maximum Gasteiger partial charge on any atom is 0.123 e. The molecule has 2 nitrogen and oxygen atoms in total. The Labute approximate surface area is 104 Å². The van der Waals surface area contributed by atoms with Crippen molar-refractivity contribution in [3.8, 4) is 0 Å². The summed E-state index contributed by atoms with van der Waals surface area (Å²) in [6, 6.07) is 7.60. The molecule has 0 aliphatic carbocycles. The van der Waals surface area contributed by atoms with Crippen molar-refractivity contribution < 1.29 is 13.9 Å². The van der Waals surface area contributed by atoms with Crippen LogP contribution in [0.4, 0.5) is 4.39 Å². The molecule has 0 fully saturated rings. The minimum absolute atomic E-state index is 0.373. The number of rotatable bonds is 4. The number of aliphatic hydroxyl groups excluding tert-OH is 1. The van der Waals surface area contributed by atoms with E-state index in [0.29, 0.717) is 23.4 Å². The van der Waals surface area contributed by atoms with Gasteiger partial charge in [0.15, 0.2) is 0 Å². The molecule has 0 spiro atoms. The van der Waals surface area contributed by atoms with Crippen LogP contribution in [0.25, 0.3) is 0 Å². The highest BCUT2D eigenvalue weighted by Gasteiger charge is 2.13. The summed E-state index contributed by atoms with van der Waals surface area (Å²) < 4.78 is 18.2. The molecule has 1 atom stereocenters. The van der Waals surface area contributed by atoms with Gasteiger partial charge in [-0.3, -0.25) is 0 Å². The second-order valence-corrected chi connectivity index (χ2v) is 4.21. The van der Waals surface area contributed by atoms with Gasteiger partial charge in [0.05, 0.1) is 12.4 Å². The monoisotopic (exact) mass is 254 g/mol. The predicted octanol–water partition coefficient (Wildman–Crippen LogP) is 3.74. The fourth-order valence-corrected chi connectivity index (χ4v) is 1.90. The quantitative estimate of drug-likeness (QED) is 0.902. The second-order valence-electron chi connectivity index (χ2n) is 3.80. The lowest BCUT2D eigenvalue weighted by atomic mass is 10.0. The van der Waals surface area contributed by atoms with Crippen LogP contribution in [-0.4, -0.2) is 5.11 Å². The van der Waals surface area contributed by atoms with E-state index in [-0.39, 0.29) is 0 Å². The van der Waals surface area contributed by atoms with E-state index in [4.69, 9.17) is 16.0 Å². The van der Waals surface area contributed by atoms with Crippen molar-refractivity contribution in [2.45, 2.75) is 18.9 Å². The molecule has 0 saturated carbocycles. The Morgan fingerprint density at radius 1 is 1.35 bits per heavy atom. The van der Waals surface area contributed by atoms with Gasteiger partial charge in [-0.25, -0.2) is 4.39 Å². The van der Waals surface area contributed by atoms with Crippen molar-refractivity contribution in [1.29, 1.82) is 0 Å². The Kier molecular flexibility index (Phi) is 3.82. The first-order chi connectivity index (χ1) is 8.16. The molecular weight excluding hydrogens is 243 g/mol. The molecule has 1 unspecified atom stereocenters. The summed E-state index contributed by atoms with van der Waals surface area (Å²) in [7, 11) is 0. The van der Waals surface area contributed by atoms with E-state index >= 15 is 0 Å². The number of benzene rings is 1. The highest BCUT2D eigenvalue weighted by atomic mass is 35.5. The van der Waals surface area contributed by atoms with Gasteiger partial charge in [0.1, 0.15) is 11.6 Å². The average molecular weight is 255 g/mol. The lowest BCUT2D eigenvalue weighted by Crippen LogP contribution is -2.00. The normalized spacial score (nSPS) is 12.6. The van der Waals surface area contributed by atoms with E-state index in [1.54, 1.807) is 12.3 Å². The number of hydrogen-bond acceptors (Lipinski definition) is 2. The zero-order valence-corrected chi connectivity index (χ0v) is 9.82. The van der Waals surface area contributed by atoms with Gasteiger partial charge in [-0.1, -0.05) is 11.6 Å². The minimum Gasteiger partial charge on any atom is -0.469 e. The van der Waals surface area contributed by atoms with Crippen molar-refractivity contribution in [2.24, 2.45) is 0 Å². The van der Waals surface area contributed by atoms with Crippen LogP contribution in [0.2, 0.25) is 5.02 Å². The summed E-state index contributed by atoms with van der Waals surface area (Å²) in [5.74, 6) is 0.387. The average Bonchev–Trinajstić information content (AvgIpc) is 2.82. The highest BCUT2D eigenvalue weighted by Crippen LogP contribution is 2.27. The fourth-order valence-electron chi connectivity index (χ4n) is 1.66. The van der Waals surface area contributed by atoms with Gasteiger partial charge >= 0.3 is 0 Å². The largest absolute Gasteiger partial charge is 0.469 e. The first kappa shape index (κ1) is 12.1. The predicted molar refractivity (Wildman–Crippen MR) is 63.4 cm³/mol. The Morgan fingerprint density at radius 2 is 2.18 bits per heavy atom. The minimum atomic E-state index is -0.789. The van der Waals surface area contributed by atoms with Crippen molar-refractivity contribution in [1.82, 2.24) is 0 Å². The van der Waals surface area contributed by atoms with Gasteiger partial charge in [-0.05, 0) is 36.8 Å². The van der Waals surface area contributed by atoms with Gasteiger partial charge in [0.25, 0.3) is 0 Å². The molecule has 1 heterocycles. The fraction of sp³-hybridized carbons (Fsp3) is 0.231. The van der Waals surface area contributed by atoms with Crippen LogP contribution in [0, 0.1) is 5.82 Å². The van der Waals surface area contributed by atoms with E-state index in [1.807, 2.05) is 6.07 Å². The van der Waals surface area contributed by atoms with Crippen LogP contribution >= 0.6 is 11.6 Å². The molecule has 17 heavy (non-hydrogen) atoms. The third-order valence-corrected chi connectivity index (χ3v) is 2.91. The van der Waals surface area contributed by atoms with E-state index in [1.165, 1.54) is 18.2 Å². The number of hydrogen-bond donors (Lipinski definition) is 1. The Hall–Kier alpha value is -1.32. The van der Waals surface area contributed by atoms with Crippen LogP contribution < -0.4 is 0 Å². The third-order valence-electron chi connectivity index (χ3n) is 2.56. The van der Waals surface area contributed by atoms with E-state index in [0.717, 1.165) is 5.76 Å². The molecule has 0 bridgehead atoms. The third kappa shape index (κ3) is 3.08. The lowest BCUT2D eigenvalue weighted by molar-refractivity contribution is 0.165. The zero-order chi connectivity index (χ0) is 12.3. The Balaban J connectivity index is 2.04. The Bertz CT molecular complexity index is 482. The van der Waals surface area contributed by atoms with Crippen LogP contribution in [0.3, 0.4) is 0 Å². The molecular formula is C13H12ClFO2. The second kappa shape index (κ2) is 5.34. The number of aryl methyl sites for hydroxylation is 1. The van der Waals surface area contributed by atoms with Gasteiger partial charge < -0.3 is 9.52 Å². The summed E-state index contributed by atoms with van der Waals surface area (Å²) >= 11 is 5.90. The van der Waals surface area contributed by atoms with Crippen molar-refractivity contribution in [2.75, 3.05) is 0 Å². The van der Waals surface area contributed by atoms with Gasteiger partial charge in [-0.15, -0.1) is 0 Å². The first-order valence-electron chi connectivity index (χ1n) is 5.32. The topological polar surface area (TPSA) is 33.4 Å². The zero-order valence-electron chi connectivity index (χ0n) is 9.07. The molecule has 2 aromatic rings. The molecule has 1 N–H and O–H groups in total. The molecule has 0 saturated heterocycles. The molecule has 4 heteroatoms. The summed E-state index contributed by atoms with van der Waals surface area (Å²) in [5.41, 5.74) is 0.415. The first-order valence-corrected chi connectivity index (χ1v) is 5.70. The molecule has 2 rings (SSSR count). The van der Waals surface area contributed by atoms with Crippen LogP contribution in [0.15, 0.2) is 41.0 Å². The summed E-state index contributed by atoms with van der Waals surface area (Å²) in [5, 5.41) is 10.3. The molecule has 0 radical (unpaired) electrons. The Morgan fingerprint density at radius 3 is 2.88 bits per heavy atom. The molecule has 0 amide bonds. The highest BCUT2D eigenvalue weighted by molar-refractivity contribution is 6.31. The maximum absolute atomic E-state index is 13.0. The summed E-state index contributed by atoms with van der Waals surface area (Å²) in [6.45, 7) is 0. The number of halogens is 2. The van der Waals surface area contributed by atoms with Crippen LogP contribution in [0.1, 0.15) is 23.8 Å². The van der Waals surface area contributed by atoms with Crippen molar-refractivity contribution >= 4 is 11.6 Å². The van der Waals surface area contributed by atoms with E-state index in [2.05, 4.69) is 0 Å². The van der Waals surface area contributed by atoms with Crippen molar-refractivity contribution in [3.63, 3.8) is 0 Å². The molecule has 1 aromatic heterocycles. The molecule has 90 valence electrons. The molecule has 0 aliphatic heterocycles. The SMILES string of the molecule is OC(CCc1ccco1)c1cc(F)ccc1Cl. The van der Waals surface area contributed by atoms with E-state index in [9.17, 15) is 9.50 Å². The summed E-state index contributed by atoms with van der Waals surface area (Å²) in [6.07, 6.45) is 1.82. The molecule has 1 aromatic carbocycles. The van der Waals surface area contributed by atoms with Crippen LogP contribution in [0.5, 0.6) is 0 Å². The van der Waals surface area contributed by atoms with Crippen molar-refractivity contribution in [3.05, 3.63) is 58.8 Å². The lowest BCUT2D eigenvalue weighted by Gasteiger charge is -2.11. The molecule has 0 aliphatic rings. The van der Waals surface area contributed by atoms with Gasteiger partial charge in [-0.2, -0.15) is 0 Å². The smallest absolute Gasteiger partial charge is 0.123 e. The summed E-state index contributed by atoms with van der Waals surface area (Å²) in [4.78, 5) is 0. The van der Waals surface area contributed by atoms with Gasteiger partial charge in [0, 0.05) is 17.0 Å². The number of aliphatic hydroxyl groups is 1. The van der Waals surface area contributed by atoms with Gasteiger partial charge in [0.2, 0.25) is 0 Å². The van der Waals surface area contributed by atoms with E-state index < -0.39 is 11.9 Å². The maximum atomic E-state index is 13.0. The number of furan rings is 1. The standard InChI is InChI=1S/C13H12ClFO2/c14-12-5-3-9(15)8-11(12)13(16)6-4-10-2-1-7-17-10/h1-3,5,7-8,13,16H,4,6H2.